The van der Waals surface area contributed by atoms with E-state index in [1.165, 1.54) is 6.26 Å². The van der Waals surface area contributed by atoms with E-state index in [9.17, 15) is 9.36 Å². The molecular formula is C4H10NaO4PS. The monoisotopic (exact) mass is 208 g/mol. The predicted octanol–water partition coefficient (Wildman–Crippen LogP) is -1.51. The quantitative estimate of drug-likeness (QED) is 0.311. The van der Waals surface area contributed by atoms with E-state index >= 15 is 0 Å². The first-order chi connectivity index (χ1) is 4.48. The Morgan fingerprint density at radius 2 is 1.73 bits per heavy atom. The number of carbonyl (C=O) groups excluding carboxylic acids is 1. The summed E-state index contributed by atoms with van der Waals surface area (Å²) >= 11 is 0.530. The van der Waals surface area contributed by atoms with Crippen LogP contribution in [-0.4, -0.2) is 20.9 Å². The fourth-order valence-corrected chi connectivity index (χ4v) is 1.07. The predicted molar refractivity (Wildman–Crippen MR) is 42.0 cm³/mol. The molecule has 7 heteroatoms. The minimum absolute atomic E-state index is 0. The summed E-state index contributed by atoms with van der Waals surface area (Å²) in [5.41, 5.74) is 0. The summed E-state index contributed by atoms with van der Waals surface area (Å²) in [7, 11) is -4.43. The molecule has 0 saturated heterocycles. The first-order valence-electron chi connectivity index (χ1n) is 2.33. The summed E-state index contributed by atoms with van der Waals surface area (Å²) < 4.78 is 9.89. The van der Waals surface area contributed by atoms with Gasteiger partial charge in [-0.2, -0.15) is 6.92 Å². The van der Waals surface area contributed by atoms with E-state index in [2.05, 4.69) is 6.92 Å². The molecule has 0 radical (unpaired) electrons. The summed E-state index contributed by atoms with van der Waals surface area (Å²) in [6.07, 6.45) is 1.32. The van der Waals surface area contributed by atoms with Crippen molar-refractivity contribution in [3.63, 3.8) is 0 Å². The minimum Gasteiger partial charge on any atom is -0.346 e. The zero-order chi connectivity index (χ0) is 8.78. The summed E-state index contributed by atoms with van der Waals surface area (Å²) in [5.74, 6) is 0. The fourth-order valence-electron chi connectivity index (χ4n) is 0.119. The van der Waals surface area contributed by atoms with Gasteiger partial charge in [-0.05, 0) is 6.26 Å². The van der Waals surface area contributed by atoms with Crippen molar-refractivity contribution in [1.29, 1.82) is 0 Å². The molecule has 0 aromatic carbocycles. The van der Waals surface area contributed by atoms with E-state index in [-0.39, 0.29) is 29.6 Å². The minimum atomic E-state index is -4.43. The Bertz CT molecular complexity index is 145. The van der Waals surface area contributed by atoms with Gasteiger partial charge in [0, 0.05) is 0 Å². The van der Waals surface area contributed by atoms with Gasteiger partial charge < -0.3 is 16.7 Å². The fraction of sp³-hybridized carbons (Fsp3) is 0.500. The molecule has 62 valence electrons. The van der Waals surface area contributed by atoms with E-state index in [1.54, 1.807) is 6.92 Å². The molecule has 0 heterocycles. The molecule has 0 saturated carbocycles. The Labute approximate surface area is 92.6 Å². The zero-order valence-corrected chi connectivity index (χ0v) is 10.5. The van der Waals surface area contributed by atoms with Crippen molar-refractivity contribution >= 4 is 24.2 Å². The molecule has 0 aliphatic heterocycles. The van der Waals surface area contributed by atoms with Crippen molar-refractivity contribution in [2.75, 3.05) is 6.26 Å². The molecule has 0 rings (SSSR count). The molecule has 0 aromatic rings. The van der Waals surface area contributed by atoms with Gasteiger partial charge in [0.15, 0.2) is 0 Å². The molecule has 11 heavy (non-hydrogen) atoms. The zero-order valence-electron chi connectivity index (χ0n) is 6.77. The smallest absolute Gasteiger partial charge is 0.346 e. The van der Waals surface area contributed by atoms with Crippen LogP contribution in [0.15, 0.2) is 0 Å². The van der Waals surface area contributed by atoms with Crippen LogP contribution in [-0.2, 0) is 4.57 Å². The second kappa shape index (κ2) is 9.26. The van der Waals surface area contributed by atoms with Crippen LogP contribution in [0, 0.1) is 6.92 Å². The van der Waals surface area contributed by atoms with Crippen LogP contribution in [0.1, 0.15) is 6.92 Å². The SMILES string of the molecule is CSC(=O)P(=O)(O)O.[CH2-]C.[Na+]. The molecule has 0 fully saturated rings. The molecular weight excluding hydrogens is 198 g/mol. The standard InChI is InChI=1S/C2H5O4PS.C2H5.Na/c1-8-2(3)7(4,5)6;1-2;/h1H3,(H2,4,5,6);1H2,2H3;/q;-1;+1. The van der Waals surface area contributed by atoms with Gasteiger partial charge in [0.05, 0.1) is 0 Å². The van der Waals surface area contributed by atoms with Crippen molar-refractivity contribution < 1.29 is 48.7 Å². The average Bonchev–Trinajstić information content (AvgIpc) is 1.89. The van der Waals surface area contributed by atoms with E-state index < -0.39 is 12.5 Å². The molecule has 2 N–H and O–H groups in total. The Morgan fingerprint density at radius 3 is 1.73 bits per heavy atom. The van der Waals surface area contributed by atoms with Crippen molar-refractivity contribution in [3.8, 4) is 0 Å². The molecule has 0 atom stereocenters. The average molecular weight is 208 g/mol. The van der Waals surface area contributed by atoms with Crippen molar-refractivity contribution in [2.45, 2.75) is 6.92 Å². The summed E-state index contributed by atoms with van der Waals surface area (Å²) in [5, 5.41) is 0. The van der Waals surface area contributed by atoms with Crippen molar-refractivity contribution in [2.24, 2.45) is 0 Å². The topological polar surface area (TPSA) is 74.6 Å². The largest absolute Gasteiger partial charge is 1.00 e. The van der Waals surface area contributed by atoms with Crippen LogP contribution < -0.4 is 29.6 Å². The maximum atomic E-state index is 10.0. The van der Waals surface area contributed by atoms with Gasteiger partial charge in [-0.1, -0.05) is 11.8 Å². The molecule has 0 aromatic heterocycles. The number of rotatable bonds is 1. The molecule has 0 unspecified atom stereocenters. The van der Waals surface area contributed by atoms with Crippen molar-refractivity contribution in [3.05, 3.63) is 6.92 Å². The molecule has 0 bridgehead atoms. The van der Waals surface area contributed by atoms with E-state index in [0.29, 0.717) is 11.8 Å². The van der Waals surface area contributed by atoms with Crippen molar-refractivity contribution in [1.82, 2.24) is 0 Å². The molecule has 0 aliphatic rings. The molecule has 0 spiro atoms. The Kier molecular flexibility index (Phi) is 15.2. The second-order valence-corrected chi connectivity index (χ2v) is 3.59. The van der Waals surface area contributed by atoms with E-state index in [0.717, 1.165) is 0 Å². The Morgan fingerprint density at radius 1 is 1.45 bits per heavy atom. The van der Waals surface area contributed by atoms with Crippen LogP contribution in [0.3, 0.4) is 0 Å². The Balaban J connectivity index is -0.000000196. The van der Waals surface area contributed by atoms with E-state index in [4.69, 9.17) is 9.79 Å². The first-order valence-corrected chi connectivity index (χ1v) is 5.17. The summed E-state index contributed by atoms with van der Waals surface area (Å²) in [4.78, 5) is 25.0. The van der Waals surface area contributed by atoms with Gasteiger partial charge in [-0.25, -0.2) is 0 Å². The van der Waals surface area contributed by atoms with Gasteiger partial charge in [0.25, 0.3) is 4.86 Å². The summed E-state index contributed by atoms with van der Waals surface area (Å²) in [6.45, 7) is 5.00. The van der Waals surface area contributed by atoms with Crippen LogP contribution in [0.25, 0.3) is 0 Å². The van der Waals surface area contributed by atoms with Gasteiger partial charge in [-0.15, -0.1) is 0 Å². The normalized spacial score (nSPS) is 8.82. The van der Waals surface area contributed by atoms with Crippen LogP contribution >= 0.6 is 19.4 Å². The van der Waals surface area contributed by atoms with E-state index in [1.807, 2.05) is 0 Å². The Hall–Kier alpha value is 1.17. The third-order valence-corrected chi connectivity index (χ3v) is 2.50. The molecule has 0 aliphatic carbocycles. The van der Waals surface area contributed by atoms with Gasteiger partial charge >= 0.3 is 37.2 Å². The number of hydrogen-bond donors (Lipinski definition) is 2. The van der Waals surface area contributed by atoms with Crippen LogP contribution in [0.4, 0.5) is 4.79 Å². The third-order valence-electron chi connectivity index (χ3n) is 0.412. The van der Waals surface area contributed by atoms with Gasteiger partial charge in [0.2, 0.25) is 0 Å². The van der Waals surface area contributed by atoms with Crippen LogP contribution in [0.5, 0.6) is 0 Å². The molecule has 0 amide bonds. The maximum Gasteiger partial charge on any atom is 1.00 e. The maximum absolute atomic E-state index is 10.0. The van der Waals surface area contributed by atoms with Gasteiger partial charge in [-0.3, -0.25) is 9.36 Å². The second-order valence-electron chi connectivity index (χ2n) is 1.01. The number of carbonyl (C=O) groups is 1. The first kappa shape index (κ1) is 18.1. The van der Waals surface area contributed by atoms with Gasteiger partial charge in [0.1, 0.15) is 0 Å². The molecule has 4 nitrogen and oxygen atoms in total. The van der Waals surface area contributed by atoms with Crippen LogP contribution in [0.2, 0.25) is 0 Å². The summed E-state index contributed by atoms with van der Waals surface area (Å²) in [6, 6.07) is 0. The number of thioether (sulfide) groups is 1. The number of hydrogen-bond acceptors (Lipinski definition) is 3. The third kappa shape index (κ3) is 11.2.